The smallest absolute Gasteiger partial charge is 0.224 e. The largest absolute Gasteiger partial charge is 0.326 e. The first kappa shape index (κ1) is 16.2. The van der Waals surface area contributed by atoms with Gasteiger partial charge < -0.3 is 9.88 Å². The van der Waals surface area contributed by atoms with Crippen molar-refractivity contribution < 1.29 is 9.18 Å². The number of carbonyl (C=O) groups excluding carboxylic acids is 1. The normalized spacial score (nSPS) is 10.6. The van der Waals surface area contributed by atoms with Gasteiger partial charge in [-0.05, 0) is 42.3 Å². The molecule has 3 aromatic rings. The molecule has 0 saturated heterocycles. The summed E-state index contributed by atoms with van der Waals surface area (Å²) in [6, 6.07) is 11.5. The van der Waals surface area contributed by atoms with E-state index in [1.165, 1.54) is 12.1 Å². The monoisotopic (exact) mass is 343 g/mol. The molecule has 4 nitrogen and oxygen atoms in total. The second-order valence-corrected chi connectivity index (χ2v) is 5.72. The van der Waals surface area contributed by atoms with Crippen molar-refractivity contribution in [1.29, 1.82) is 0 Å². The summed E-state index contributed by atoms with van der Waals surface area (Å²) in [4.78, 5) is 16.0. The van der Waals surface area contributed by atoms with Crippen molar-refractivity contribution in [3.05, 3.63) is 77.6 Å². The fraction of sp³-hybridized carbons (Fsp3) is 0.111. The Morgan fingerprint density at radius 1 is 1.25 bits per heavy atom. The minimum atomic E-state index is -0.296. The number of hydrogen-bond donors (Lipinski definition) is 1. The van der Waals surface area contributed by atoms with Crippen molar-refractivity contribution in [1.82, 2.24) is 9.55 Å². The van der Waals surface area contributed by atoms with Crippen LogP contribution in [0.15, 0.2) is 61.2 Å². The number of hydrogen-bond acceptors (Lipinski definition) is 2. The Kier molecular flexibility index (Phi) is 4.91. The summed E-state index contributed by atoms with van der Waals surface area (Å²) in [6.07, 6.45) is 5.85. The quantitative estimate of drug-likeness (QED) is 0.753. The van der Waals surface area contributed by atoms with E-state index in [0.717, 1.165) is 11.3 Å². The average molecular weight is 344 g/mol. The van der Waals surface area contributed by atoms with Crippen LogP contribution in [0, 0.1) is 5.82 Å². The van der Waals surface area contributed by atoms with Crippen LogP contribution < -0.4 is 5.32 Å². The highest BCUT2D eigenvalue weighted by atomic mass is 35.5. The highest BCUT2D eigenvalue weighted by Crippen LogP contribution is 2.24. The third kappa shape index (κ3) is 4.00. The van der Waals surface area contributed by atoms with Crippen molar-refractivity contribution in [3.8, 4) is 5.69 Å². The number of nitrogens with one attached hydrogen (secondary N) is 1. The van der Waals surface area contributed by atoms with E-state index in [2.05, 4.69) is 10.3 Å². The van der Waals surface area contributed by atoms with E-state index in [4.69, 9.17) is 11.6 Å². The molecule has 0 fully saturated rings. The van der Waals surface area contributed by atoms with Crippen LogP contribution in [0.3, 0.4) is 0 Å². The maximum atomic E-state index is 13.1. The Morgan fingerprint density at radius 2 is 2.12 bits per heavy atom. The number of amides is 1. The number of nitrogens with zero attached hydrogens (tertiary/aromatic N) is 2. The van der Waals surface area contributed by atoms with Crippen molar-refractivity contribution in [2.75, 3.05) is 5.32 Å². The highest BCUT2D eigenvalue weighted by Gasteiger charge is 2.07. The third-order valence-corrected chi connectivity index (χ3v) is 3.85. The molecule has 1 heterocycles. The summed E-state index contributed by atoms with van der Waals surface area (Å²) in [6.45, 7) is 0. The molecule has 0 aliphatic carbocycles. The molecule has 1 N–H and O–H groups in total. The molecule has 0 bridgehead atoms. The fourth-order valence-electron chi connectivity index (χ4n) is 2.37. The maximum absolute atomic E-state index is 13.1. The van der Waals surface area contributed by atoms with Gasteiger partial charge in [0.15, 0.2) is 0 Å². The Labute approximate surface area is 143 Å². The van der Waals surface area contributed by atoms with Gasteiger partial charge in [0.1, 0.15) is 5.82 Å². The molecule has 0 aliphatic heterocycles. The van der Waals surface area contributed by atoms with Crippen molar-refractivity contribution in [3.63, 3.8) is 0 Å². The average Bonchev–Trinajstić information content (AvgIpc) is 3.07. The van der Waals surface area contributed by atoms with Crippen LogP contribution in [0.5, 0.6) is 0 Å². The van der Waals surface area contributed by atoms with Crippen molar-refractivity contribution in [2.45, 2.75) is 12.8 Å². The number of aromatic nitrogens is 2. The summed E-state index contributed by atoms with van der Waals surface area (Å²) in [7, 11) is 0. The molecule has 122 valence electrons. The molecule has 0 unspecified atom stereocenters. The standard InChI is InChI=1S/C18H15ClFN3O/c19-16-11-15(5-6-17(16)23-9-8-21-12-23)22-18(24)7-4-13-2-1-3-14(20)10-13/h1-3,5-6,8-12H,4,7H2,(H,22,24). The number of imidazole rings is 1. The minimum absolute atomic E-state index is 0.147. The van der Waals surface area contributed by atoms with E-state index >= 15 is 0 Å². The molecule has 6 heteroatoms. The van der Waals surface area contributed by atoms with Gasteiger partial charge in [0.05, 0.1) is 17.0 Å². The fourth-order valence-corrected chi connectivity index (χ4v) is 2.65. The van der Waals surface area contributed by atoms with Crippen molar-refractivity contribution >= 4 is 23.2 Å². The Morgan fingerprint density at radius 3 is 2.83 bits per heavy atom. The van der Waals surface area contributed by atoms with Gasteiger partial charge in [0.25, 0.3) is 0 Å². The number of aryl methyl sites for hydroxylation is 1. The summed E-state index contributed by atoms with van der Waals surface area (Å²) < 4.78 is 14.9. The molecule has 0 spiro atoms. The second kappa shape index (κ2) is 7.27. The van der Waals surface area contributed by atoms with Crippen LogP contribution in [0.1, 0.15) is 12.0 Å². The lowest BCUT2D eigenvalue weighted by Gasteiger charge is -2.09. The number of halogens is 2. The number of anilines is 1. The number of rotatable bonds is 5. The van der Waals surface area contributed by atoms with Crippen LogP contribution >= 0.6 is 11.6 Å². The second-order valence-electron chi connectivity index (χ2n) is 5.31. The first-order valence-electron chi connectivity index (χ1n) is 7.44. The predicted octanol–water partition coefficient (Wildman–Crippen LogP) is 4.24. The van der Waals surface area contributed by atoms with Crippen molar-refractivity contribution in [2.24, 2.45) is 0 Å². The SMILES string of the molecule is O=C(CCc1cccc(F)c1)Nc1ccc(-n2ccnc2)c(Cl)c1. The lowest BCUT2D eigenvalue weighted by atomic mass is 10.1. The molecule has 0 aliphatic rings. The van der Waals surface area contributed by atoms with Gasteiger partial charge in [0, 0.05) is 24.5 Å². The van der Waals surface area contributed by atoms with E-state index in [-0.39, 0.29) is 18.1 Å². The molecule has 2 aromatic carbocycles. The predicted molar refractivity (Wildman–Crippen MR) is 91.9 cm³/mol. The lowest BCUT2D eigenvalue weighted by molar-refractivity contribution is -0.116. The van der Waals surface area contributed by atoms with E-state index in [1.807, 2.05) is 6.07 Å². The van der Waals surface area contributed by atoms with Crippen LogP contribution in [0.4, 0.5) is 10.1 Å². The molecule has 0 radical (unpaired) electrons. The summed E-state index contributed by atoms with van der Waals surface area (Å²) in [5, 5.41) is 3.31. The molecule has 1 aromatic heterocycles. The molecule has 0 saturated carbocycles. The maximum Gasteiger partial charge on any atom is 0.224 e. The van der Waals surface area contributed by atoms with Gasteiger partial charge >= 0.3 is 0 Å². The third-order valence-electron chi connectivity index (χ3n) is 3.54. The van der Waals surface area contributed by atoms with E-state index < -0.39 is 0 Å². The minimum Gasteiger partial charge on any atom is -0.326 e. The lowest BCUT2D eigenvalue weighted by Crippen LogP contribution is -2.12. The van der Waals surface area contributed by atoms with Crippen LogP contribution in [0.2, 0.25) is 5.02 Å². The summed E-state index contributed by atoms with van der Waals surface area (Å²) >= 11 is 6.25. The molecule has 1 amide bonds. The molecule has 3 rings (SSSR count). The molecule has 0 atom stereocenters. The van der Waals surface area contributed by atoms with Gasteiger partial charge in [-0.3, -0.25) is 4.79 Å². The highest BCUT2D eigenvalue weighted by molar-refractivity contribution is 6.32. The van der Waals surface area contributed by atoms with Crippen LogP contribution in [-0.4, -0.2) is 15.5 Å². The number of benzene rings is 2. The van der Waals surface area contributed by atoms with E-state index in [9.17, 15) is 9.18 Å². The van der Waals surface area contributed by atoms with Gasteiger partial charge in [-0.25, -0.2) is 9.37 Å². The molecule has 24 heavy (non-hydrogen) atoms. The summed E-state index contributed by atoms with van der Waals surface area (Å²) in [5.74, 6) is -0.444. The van der Waals surface area contributed by atoms with Gasteiger partial charge in [-0.1, -0.05) is 23.7 Å². The van der Waals surface area contributed by atoms with Crippen LogP contribution in [-0.2, 0) is 11.2 Å². The zero-order chi connectivity index (χ0) is 16.9. The van der Waals surface area contributed by atoms with Crippen LogP contribution in [0.25, 0.3) is 5.69 Å². The van der Waals surface area contributed by atoms with E-state index in [1.54, 1.807) is 47.6 Å². The number of carbonyl (C=O) groups is 1. The molecular formula is C18H15ClFN3O. The Balaban J connectivity index is 1.61. The Hall–Kier alpha value is -2.66. The first-order valence-corrected chi connectivity index (χ1v) is 7.82. The van der Waals surface area contributed by atoms with Gasteiger partial charge in [-0.15, -0.1) is 0 Å². The van der Waals surface area contributed by atoms with Gasteiger partial charge in [0.2, 0.25) is 5.91 Å². The van der Waals surface area contributed by atoms with Gasteiger partial charge in [-0.2, -0.15) is 0 Å². The first-order chi connectivity index (χ1) is 11.6. The topological polar surface area (TPSA) is 46.9 Å². The summed E-state index contributed by atoms with van der Waals surface area (Å²) in [5.41, 5.74) is 2.19. The zero-order valence-electron chi connectivity index (χ0n) is 12.7. The molecular weight excluding hydrogens is 329 g/mol. The van der Waals surface area contributed by atoms with E-state index in [0.29, 0.717) is 17.1 Å². The zero-order valence-corrected chi connectivity index (χ0v) is 13.5. The Bertz CT molecular complexity index is 849.